The number of ether oxygens (including phenoxy) is 1. The minimum Gasteiger partial charge on any atom is -0.440 e. The molecule has 0 aromatic heterocycles. The van der Waals surface area contributed by atoms with Crippen LogP contribution in [-0.2, 0) is 9.53 Å². The first-order valence-electron chi connectivity index (χ1n) is 7.54. The summed E-state index contributed by atoms with van der Waals surface area (Å²) < 4.78 is 5.27. The van der Waals surface area contributed by atoms with Crippen molar-refractivity contribution in [2.24, 2.45) is 5.92 Å². The molecule has 5 heteroatoms. The zero-order valence-electron chi connectivity index (χ0n) is 12.8. The maximum Gasteiger partial charge on any atom is 0.333 e. The van der Waals surface area contributed by atoms with E-state index in [4.69, 9.17) is 9.84 Å². The van der Waals surface area contributed by atoms with Crippen LogP contribution in [0.25, 0.3) is 0 Å². The molecule has 1 aromatic rings. The second-order valence-electron chi connectivity index (χ2n) is 5.47. The number of benzene rings is 1. The van der Waals surface area contributed by atoms with Crippen molar-refractivity contribution in [1.82, 2.24) is 0 Å². The molecule has 1 atom stereocenters. The number of Topliss-reactive ketones (excluding diaryl/α,β-unsaturated/α-hetero) is 2. The monoisotopic (exact) mass is 304 g/mol. The van der Waals surface area contributed by atoms with Crippen LogP contribution in [0.15, 0.2) is 24.3 Å². The summed E-state index contributed by atoms with van der Waals surface area (Å²) in [4.78, 5) is 37.4. The van der Waals surface area contributed by atoms with Gasteiger partial charge in [0.05, 0.1) is 0 Å². The van der Waals surface area contributed by atoms with Gasteiger partial charge in [-0.2, -0.15) is 0 Å². The van der Waals surface area contributed by atoms with Crippen molar-refractivity contribution < 1.29 is 24.2 Å². The lowest BCUT2D eigenvalue weighted by Crippen LogP contribution is -2.52. The molecule has 1 aliphatic carbocycles. The van der Waals surface area contributed by atoms with Gasteiger partial charge in [0.2, 0.25) is 17.2 Å². The minimum atomic E-state index is -1.83. The molecule has 2 rings (SSSR count). The number of hydrogen-bond acceptors (Lipinski definition) is 5. The topological polar surface area (TPSA) is 80.7 Å². The predicted octanol–water partition coefficient (Wildman–Crippen LogP) is 2.17. The second-order valence-corrected chi connectivity index (χ2v) is 5.47. The van der Waals surface area contributed by atoms with E-state index in [-0.39, 0.29) is 11.1 Å². The summed E-state index contributed by atoms with van der Waals surface area (Å²) in [5.41, 5.74) is -1.26. The van der Waals surface area contributed by atoms with Crippen LogP contribution in [0.1, 0.15) is 53.8 Å². The molecule has 1 unspecified atom stereocenters. The third-order valence-electron chi connectivity index (χ3n) is 4.20. The van der Waals surface area contributed by atoms with Gasteiger partial charge in [0.25, 0.3) is 0 Å². The Hall–Kier alpha value is -2.01. The molecule has 0 amide bonds. The van der Waals surface area contributed by atoms with E-state index < -0.39 is 35.7 Å². The molecule has 1 N–H and O–H groups in total. The Morgan fingerprint density at radius 3 is 2.14 bits per heavy atom. The Balaban J connectivity index is 2.57. The van der Waals surface area contributed by atoms with Crippen LogP contribution in [0.5, 0.6) is 0 Å². The lowest BCUT2D eigenvalue weighted by Gasteiger charge is -2.33. The SMILES string of the molecule is CCCC(CC)C1(OC(=O)CO)C(=O)c2ccccc2C1=O. The van der Waals surface area contributed by atoms with E-state index in [0.717, 1.165) is 6.42 Å². The van der Waals surface area contributed by atoms with Gasteiger partial charge >= 0.3 is 5.97 Å². The highest BCUT2D eigenvalue weighted by atomic mass is 16.6. The third-order valence-corrected chi connectivity index (χ3v) is 4.20. The van der Waals surface area contributed by atoms with Crippen molar-refractivity contribution in [3.05, 3.63) is 35.4 Å². The van der Waals surface area contributed by atoms with E-state index >= 15 is 0 Å². The summed E-state index contributed by atoms with van der Waals surface area (Å²) in [6.45, 7) is 2.95. The molecule has 0 spiro atoms. The Labute approximate surface area is 129 Å². The summed E-state index contributed by atoms with van der Waals surface area (Å²) in [6, 6.07) is 6.50. The molecule has 0 aliphatic heterocycles. The van der Waals surface area contributed by atoms with E-state index in [1.807, 2.05) is 13.8 Å². The molecule has 1 aliphatic rings. The molecule has 0 fully saturated rings. The number of carbonyl (C=O) groups excluding carboxylic acids is 3. The summed E-state index contributed by atoms with van der Waals surface area (Å²) in [5.74, 6) is -2.31. The Bertz CT molecular complexity index is 570. The standard InChI is InChI=1S/C17H20O5/c1-3-7-11(4-2)17(22-14(19)10-18)15(20)12-8-5-6-9-13(12)16(17)21/h5-6,8-9,11,18H,3-4,7,10H2,1-2H3. The van der Waals surface area contributed by atoms with Gasteiger partial charge in [-0.15, -0.1) is 0 Å². The fourth-order valence-corrected chi connectivity index (χ4v) is 3.18. The number of carbonyl (C=O) groups is 3. The van der Waals surface area contributed by atoms with Crippen molar-refractivity contribution in [3.63, 3.8) is 0 Å². The number of aliphatic hydroxyl groups excluding tert-OH is 1. The smallest absolute Gasteiger partial charge is 0.333 e. The first-order chi connectivity index (χ1) is 10.5. The van der Waals surface area contributed by atoms with Crippen molar-refractivity contribution in [1.29, 1.82) is 0 Å². The first kappa shape index (κ1) is 16.4. The number of hydrogen-bond donors (Lipinski definition) is 1. The second kappa shape index (κ2) is 6.40. The maximum atomic E-state index is 12.9. The number of fused-ring (bicyclic) bond motifs is 1. The molecular formula is C17H20O5. The van der Waals surface area contributed by atoms with Gasteiger partial charge < -0.3 is 9.84 Å². The van der Waals surface area contributed by atoms with Crippen LogP contribution < -0.4 is 0 Å². The minimum absolute atomic E-state index is 0.285. The van der Waals surface area contributed by atoms with E-state index in [1.165, 1.54) is 0 Å². The highest BCUT2D eigenvalue weighted by Gasteiger charge is 2.59. The van der Waals surface area contributed by atoms with Gasteiger partial charge in [-0.1, -0.05) is 44.5 Å². The molecular weight excluding hydrogens is 284 g/mol. The van der Waals surface area contributed by atoms with Crippen molar-refractivity contribution in [2.45, 2.75) is 38.7 Å². The van der Waals surface area contributed by atoms with Gasteiger partial charge in [0.1, 0.15) is 6.61 Å². The fourth-order valence-electron chi connectivity index (χ4n) is 3.18. The van der Waals surface area contributed by atoms with Gasteiger partial charge in [-0.3, -0.25) is 9.59 Å². The molecule has 0 radical (unpaired) electrons. The lowest BCUT2D eigenvalue weighted by atomic mass is 9.78. The molecule has 5 nitrogen and oxygen atoms in total. The normalized spacial score (nSPS) is 17.2. The first-order valence-corrected chi connectivity index (χ1v) is 7.54. The number of aliphatic hydroxyl groups is 1. The van der Waals surface area contributed by atoms with Crippen molar-refractivity contribution >= 4 is 17.5 Å². The summed E-state index contributed by atoms with van der Waals surface area (Å²) in [5, 5.41) is 8.99. The largest absolute Gasteiger partial charge is 0.440 e. The number of esters is 1. The lowest BCUT2D eigenvalue weighted by molar-refractivity contribution is -0.158. The number of ketones is 2. The molecule has 1 aromatic carbocycles. The third kappa shape index (κ3) is 2.35. The highest BCUT2D eigenvalue weighted by Crippen LogP contribution is 2.41. The number of rotatable bonds is 6. The Morgan fingerprint density at radius 2 is 1.73 bits per heavy atom. The van der Waals surface area contributed by atoms with Crippen LogP contribution in [0.2, 0.25) is 0 Å². The molecule has 118 valence electrons. The summed E-state index contributed by atoms with van der Waals surface area (Å²) in [7, 11) is 0. The van der Waals surface area contributed by atoms with E-state index in [0.29, 0.717) is 12.8 Å². The summed E-state index contributed by atoms with van der Waals surface area (Å²) >= 11 is 0. The van der Waals surface area contributed by atoms with Crippen molar-refractivity contribution in [3.8, 4) is 0 Å². The van der Waals surface area contributed by atoms with Gasteiger partial charge in [-0.05, 0) is 12.8 Å². The predicted molar refractivity (Wildman–Crippen MR) is 79.7 cm³/mol. The van der Waals surface area contributed by atoms with Crippen LogP contribution in [-0.4, -0.2) is 34.9 Å². The fraction of sp³-hybridized carbons (Fsp3) is 0.471. The van der Waals surface area contributed by atoms with Crippen molar-refractivity contribution in [2.75, 3.05) is 6.61 Å². The zero-order valence-corrected chi connectivity index (χ0v) is 12.8. The quantitative estimate of drug-likeness (QED) is 0.643. The van der Waals surface area contributed by atoms with E-state index in [9.17, 15) is 14.4 Å². The molecule has 22 heavy (non-hydrogen) atoms. The van der Waals surface area contributed by atoms with Crippen LogP contribution in [0.3, 0.4) is 0 Å². The van der Waals surface area contributed by atoms with E-state index in [1.54, 1.807) is 24.3 Å². The highest BCUT2D eigenvalue weighted by molar-refractivity contribution is 6.32. The van der Waals surface area contributed by atoms with Gasteiger partial charge in [0, 0.05) is 17.0 Å². The van der Waals surface area contributed by atoms with Gasteiger partial charge in [0.15, 0.2) is 0 Å². The Morgan fingerprint density at radius 1 is 1.18 bits per heavy atom. The molecule has 0 heterocycles. The Kier molecular flexibility index (Phi) is 4.76. The van der Waals surface area contributed by atoms with Crippen LogP contribution in [0.4, 0.5) is 0 Å². The molecule has 0 saturated carbocycles. The van der Waals surface area contributed by atoms with Crippen LogP contribution >= 0.6 is 0 Å². The maximum absolute atomic E-state index is 12.9. The zero-order chi connectivity index (χ0) is 16.3. The summed E-state index contributed by atoms with van der Waals surface area (Å²) in [6.07, 6.45) is 1.87. The van der Waals surface area contributed by atoms with Gasteiger partial charge in [-0.25, -0.2) is 4.79 Å². The van der Waals surface area contributed by atoms with Crippen LogP contribution in [0, 0.1) is 5.92 Å². The molecule has 0 bridgehead atoms. The average Bonchev–Trinajstić information content (AvgIpc) is 2.75. The average molecular weight is 304 g/mol. The van der Waals surface area contributed by atoms with E-state index in [2.05, 4.69) is 0 Å². The molecule has 0 saturated heterocycles.